The minimum atomic E-state index is -0.493. The number of alkyl halides is 1. The molecule has 3 atom stereocenters. The SMILES string of the molecule is CO[C@@H]1CC2=C(C=CC(Br)C2)[C@@H]1N(C)C(=O)OC(C)(C)C. The highest BCUT2D eigenvalue weighted by molar-refractivity contribution is 9.09. The summed E-state index contributed by atoms with van der Waals surface area (Å²) in [5, 5.41) is 0. The van der Waals surface area contributed by atoms with Crippen LogP contribution < -0.4 is 0 Å². The standard InChI is InChI=1S/C16H24BrNO3/c1-16(2,3)21-15(19)18(4)14-12-7-6-11(17)8-10(12)9-13(14)20-5/h6-7,11,13-14H,8-9H2,1-5H3/t11?,13-,14+/m1/s1. The molecule has 1 unspecified atom stereocenters. The number of ether oxygens (including phenoxy) is 2. The van der Waals surface area contributed by atoms with Crippen LogP contribution in [0.5, 0.6) is 0 Å². The molecule has 5 heteroatoms. The van der Waals surface area contributed by atoms with Gasteiger partial charge in [-0.05, 0) is 39.2 Å². The topological polar surface area (TPSA) is 38.8 Å². The van der Waals surface area contributed by atoms with Crippen molar-refractivity contribution in [2.24, 2.45) is 0 Å². The van der Waals surface area contributed by atoms with Crippen LogP contribution >= 0.6 is 15.9 Å². The van der Waals surface area contributed by atoms with E-state index < -0.39 is 5.60 Å². The molecule has 4 nitrogen and oxygen atoms in total. The van der Waals surface area contributed by atoms with Gasteiger partial charge in [-0.15, -0.1) is 0 Å². The molecule has 0 aromatic heterocycles. The van der Waals surface area contributed by atoms with Crippen molar-refractivity contribution in [2.75, 3.05) is 14.2 Å². The van der Waals surface area contributed by atoms with Crippen molar-refractivity contribution < 1.29 is 14.3 Å². The number of likely N-dealkylation sites (N-methyl/N-ethyl adjacent to an activating group) is 1. The monoisotopic (exact) mass is 357 g/mol. The highest BCUT2D eigenvalue weighted by Crippen LogP contribution is 2.39. The second kappa shape index (κ2) is 6.13. The average Bonchev–Trinajstić information content (AvgIpc) is 2.73. The fourth-order valence-electron chi connectivity index (χ4n) is 2.93. The van der Waals surface area contributed by atoms with E-state index >= 15 is 0 Å². The quantitative estimate of drug-likeness (QED) is 0.707. The van der Waals surface area contributed by atoms with Crippen molar-refractivity contribution in [3.8, 4) is 0 Å². The maximum atomic E-state index is 12.3. The van der Waals surface area contributed by atoms with E-state index in [9.17, 15) is 4.79 Å². The predicted molar refractivity (Wildman–Crippen MR) is 86.7 cm³/mol. The molecule has 0 aromatic rings. The summed E-state index contributed by atoms with van der Waals surface area (Å²) >= 11 is 3.63. The minimum Gasteiger partial charge on any atom is -0.444 e. The summed E-state index contributed by atoms with van der Waals surface area (Å²) < 4.78 is 11.1. The van der Waals surface area contributed by atoms with Crippen LogP contribution in [-0.4, -0.2) is 47.7 Å². The van der Waals surface area contributed by atoms with E-state index in [1.165, 1.54) is 11.1 Å². The van der Waals surface area contributed by atoms with E-state index in [0.29, 0.717) is 4.83 Å². The van der Waals surface area contributed by atoms with Gasteiger partial charge in [0.05, 0.1) is 12.1 Å². The van der Waals surface area contributed by atoms with Gasteiger partial charge >= 0.3 is 6.09 Å². The number of rotatable bonds is 2. The van der Waals surface area contributed by atoms with E-state index in [2.05, 4.69) is 28.1 Å². The molecule has 1 amide bonds. The number of amides is 1. The molecular formula is C16H24BrNO3. The third kappa shape index (κ3) is 3.69. The Hall–Kier alpha value is -0.810. The second-order valence-electron chi connectivity index (χ2n) is 6.65. The Morgan fingerprint density at radius 3 is 2.62 bits per heavy atom. The average molecular weight is 358 g/mol. The van der Waals surface area contributed by atoms with Crippen LogP contribution in [0.2, 0.25) is 0 Å². The molecule has 2 aliphatic rings. The molecule has 0 heterocycles. The van der Waals surface area contributed by atoms with Gasteiger partial charge in [0.15, 0.2) is 0 Å². The third-order valence-electron chi connectivity index (χ3n) is 3.85. The van der Waals surface area contributed by atoms with Gasteiger partial charge in [-0.25, -0.2) is 4.79 Å². The molecule has 0 saturated heterocycles. The van der Waals surface area contributed by atoms with Gasteiger partial charge in [-0.1, -0.05) is 33.7 Å². The van der Waals surface area contributed by atoms with Gasteiger partial charge in [-0.3, -0.25) is 0 Å². The lowest BCUT2D eigenvalue weighted by molar-refractivity contribution is 0.00344. The fourth-order valence-corrected chi connectivity index (χ4v) is 3.47. The van der Waals surface area contributed by atoms with Crippen molar-refractivity contribution in [1.29, 1.82) is 0 Å². The molecule has 0 aliphatic heterocycles. The normalized spacial score (nSPS) is 28.6. The summed E-state index contributed by atoms with van der Waals surface area (Å²) in [5.74, 6) is 0. The van der Waals surface area contributed by atoms with E-state index in [1.54, 1.807) is 19.1 Å². The zero-order valence-electron chi connectivity index (χ0n) is 13.4. The van der Waals surface area contributed by atoms with Gasteiger partial charge in [0.1, 0.15) is 5.60 Å². The smallest absolute Gasteiger partial charge is 0.410 e. The number of methoxy groups -OCH3 is 1. The van der Waals surface area contributed by atoms with Gasteiger partial charge in [0.25, 0.3) is 0 Å². The molecule has 0 bridgehead atoms. The molecule has 0 N–H and O–H groups in total. The first-order valence-electron chi connectivity index (χ1n) is 7.25. The highest BCUT2D eigenvalue weighted by Gasteiger charge is 2.40. The Balaban J connectivity index is 2.19. The summed E-state index contributed by atoms with van der Waals surface area (Å²) in [6, 6.07) is -0.0731. The maximum Gasteiger partial charge on any atom is 0.410 e. The van der Waals surface area contributed by atoms with Crippen LogP contribution in [0.1, 0.15) is 33.6 Å². The second-order valence-corrected chi connectivity index (χ2v) is 7.83. The van der Waals surface area contributed by atoms with Crippen LogP contribution in [0.4, 0.5) is 4.79 Å². The molecule has 0 saturated carbocycles. The molecule has 2 rings (SSSR count). The number of hydrogen-bond donors (Lipinski definition) is 0. The molecule has 2 aliphatic carbocycles. The fraction of sp³-hybridized carbons (Fsp3) is 0.688. The summed E-state index contributed by atoms with van der Waals surface area (Å²) in [5.41, 5.74) is 2.07. The number of allylic oxidation sites excluding steroid dienone is 1. The lowest BCUT2D eigenvalue weighted by Gasteiger charge is -2.32. The van der Waals surface area contributed by atoms with E-state index in [0.717, 1.165) is 12.8 Å². The first-order chi connectivity index (χ1) is 9.73. The van der Waals surface area contributed by atoms with Crippen LogP contribution in [0.15, 0.2) is 23.3 Å². The van der Waals surface area contributed by atoms with Gasteiger partial charge in [0.2, 0.25) is 0 Å². The van der Waals surface area contributed by atoms with E-state index in [-0.39, 0.29) is 18.2 Å². The highest BCUT2D eigenvalue weighted by atomic mass is 79.9. The van der Waals surface area contributed by atoms with Crippen molar-refractivity contribution >= 4 is 22.0 Å². The van der Waals surface area contributed by atoms with Crippen LogP contribution in [-0.2, 0) is 9.47 Å². The van der Waals surface area contributed by atoms with Crippen molar-refractivity contribution in [2.45, 2.75) is 56.2 Å². The van der Waals surface area contributed by atoms with Gasteiger partial charge in [-0.2, -0.15) is 0 Å². The zero-order valence-corrected chi connectivity index (χ0v) is 14.9. The predicted octanol–water partition coefficient (Wildman–Crippen LogP) is 3.66. The number of halogens is 1. The molecule has 0 fully saturated rings. The molecule has 0 spiro atoms. The number of carbonyl (C=O) groups excluding carboxylic acids is 1. The minimum absolute atomic E-state index is 0.00466. The van der Waals surface area contributed by atoms with Gasteiger partial charge in [0, 0.05) is 19.0 Å². The summed E-state index contributed by atoms with van der Waals surface area (Å²) in [7, 11) is 3.49. The lowest BCUT2D eigenvalue weighted by atomic mass is 9.98. The zero-order chi connectivity index (χ0) is 15.8. The Morgan fingerprint density at radius 2 is 2.05 bits per heavy atom. The molecule has 21 heavy (non-hydrogen) atoms. The third-order valence-corrected chi connectivity index (χ3v) is 4.48. The number of hydrogen-bond acceptors (Lipinski definition) is 3. The number of carbonyl (C=O) groups is 1. The Morgan fingerprint density at radius 1 is 1.38 bits per heavy atom. The first kappa shape index (κ1) is 16.6. The first-order valence-corrected chi connectivity index (χ1v) is 8.17. The van der Waals surface area contributed by atoms with Gasteiger partial charge < -0.3 is 14.4 Å². The van der Waals surface area contributed by atoms with Crippen LogP contribution in [0.3, 0.4) is 0 Å². The summed E-state index contributed by atoms with van der Waals surface area (Å²) in [4.78, 5) is 14.4. The Bertz CT molecular complexity index is 478. The number of nitrogens with zero attached hydrogens (tertiary/aromatic N) is 1. The van der Waals surface area contributed by atoms with Crippen LogP contribution in [0.25, 0.3) is 0 Å². The molecule has 0 aromatic carbocycles. The molecule has 118 valence electrons. The summed E-state index contributed by atoms with van der Waals surface area (Å²) in [6.07, 6.45) is 5.78. The van der Waals surface area contributed by atoms with Crippen molar-refractivity contribution in [3.63, 3.8) is 0 Å². The molecular weight excluding hydrogens is 334 g/mol. The summed E-state index contributed by atoms with van der Waals surface area (Å²) in [6.45, 7) is 5.63. The molecule has 0 radical (unpaired) electrons. The van der Waals surface area contributed by atoms with E-state index in [4.69, 9.17) is 9.47 Å². The maximum absolute atomic E-state index is 12.3. The van der Waals surface area contributed by atoms with E-state index in [1.807, 2.05) is 20.8 Å². The Labute approximate surface area is 135 Å². The largest absolute Gasteiger partial charge is 0.444 e. The van der Waals surface area contributed by atoms with Crippen molar-refractivity contribution in [1.82, 2.24) is 4.90 Å². The Kier molecular flexibility index (Phi) is 4.83. The van der Waals surface area contributed by atoms with Crippen LogP contribution in [0, 0.1) is 0 Å². The van der Waals surface area contributed by atoms with Crippen molar-refractivity contribution in [3.05, 3.63) is 23.3 Å². The lowest BCUT2D eigenvalue weighted by Crippen LogP contribution is -2.46.